The van der Waals surface area contributed by atoms with Crippen molar-refractivity contribution in [2.24, 2.45) is 0 Å². The summed E-state index contributed by atoms with van der Waals surface area (Å²) in [5, 5.41) is -6.95. The fourth-order valence-electron chi connectivity index (χ4n) is 3.07. The minimum absolute atomic E-state index is 0.503. The highest BCUT2D eigenvalue weighted by Crippen LogP contribution is 2.23. The van der Waals surface area contributed by atoms with Gasteiger partial charge in [-0.15, -0.1) is 0 Å². The Hall–Kier alpha value is -3.00. The lowest BCUT2D eigenvalue weighted by atomic mass is 10.3. The Labute approximate surface area is 170 Å². The molecule has 0 bridgehead atoms. The molecule has 0 aliphatic heterocycles. The second-order valence-corrected chi connectivity index (χ2v) is 9.16. The average molecular weight is 492 g/mol. The predicted molar refractivity (Wildman–Crippen MR) is 85.7 cm³/mol. The van der Waals surface area contributed by atoms with E-state index < -0.39 is 112 Å². The Morgan fingerprint density at radius 2 is 0.594 bits per heavy atom. The molecule has 0 fully saturated rings. The molecule has 0 aliphatic rings. The lowest BCUT2D eigenvalue weighted by molar-refractivity contribution is 0.428. The third-order valence-electron chi connectivity index (χ3n) is 4.43. The van der Waals surface area contributed by atoms with Crippen molar-refractivity contribution >= 4 is 23.9 Å². The van der Waals surface area contributed by atoms with Gasteiger partial charge >= 0.3 is 8.32 Å². The van der Waals surface area contributed by atoms with Gasteiger partial charge in [-0.2, -0.15) is 0 Å². The molecule has 0 amide bonds. The first-order valence-corrected chi connectivity index (χ1v) is 9.92. The van der Waals surface area contributed by atoms with Gasteiger partial charge in [-0.3, -0.25) is 0 Å². The van der Waals surface area contributed by atoms with Gasteiger partial charge in [0.1, 0.15) is 17.5 Å². The molecule has 170 valence electrons. The minimum Gasteiger partial charge on any atom is -0.420 e. The Kier molecular flexibility index (Phi) is 5.80. The molecule has 32 heavy (non-hydrogen) atoms. The standard InChI is InChI=1S/C18H4F12OSi/c19-4-1-7(22)16(13(28)10(4)25)32(31,17-8(23)2-5(20)11(26)14(17)29)18-9(24)3-6(21)12(27)15(18)30/h1-3,31H. The van der Waals surface area contributed by atoms with Gasteiger partial charge in [-0.1, -0.05) is 0 Å². The molecule has 0 atom stereocenters. The van der Waals surface area contributed by atoms with Crippen LogP contribution in [0.15, 0.2) is 18.2 Å². The third-order valence-corrected chi connectivity index (χ3v) is 7.97. The maximum Gasteiger partial charge on any atom is 0.303 e. The van der Waals surface area contributed by atoms with Crippen LogP contribution in [0, 0.1) is 69.8 Å². The molecule has 3 aromatic rings. The fraction of sp³-hybridized carbons (Fsp3) is 0. The van der Waals surface area contributed by atoms with Gasteiger partial charge in [-0.25, -0.2) is 52.7 Å². The van der Waals surface area contributed by atoms with Crippen LogP contribution in [0.4, 0.5) is 52.7 Å². The summed E-state index contributed by atoms with van der Waals surface area (Å²) in [5.74, 6) is -30.1. The molecule has 0 aromatic heterocycles. The summed E-state index contributed by atoms with van der Waals surface area (Å²) < 4.78 is 168. The number of benzene rings is 3. The van der Waals surface area contributed by atoms with E-state index >= 15 is 0 Å². The van der Waals surface area contributed by atoms with Gasteiger partial charge in [0.15, 0.2) is 52.4 Å². The summed E-state index contributed by atoms with van der Waals surface area (Å²) in [6.45, 7) is 0. The Bertz CT molecular complexity index is 1120. The lowest BCUT2D eigenvalue weighted by Gasteiger charge is -2.29. The maximum atomic E-state index is 14.5. The quantitative estimate of drug-likeness (QED) is 0.196. The van der Waals surface area contributed by atoms with Crippen LogP contribution in [0.3, 0.4) is 0 Å². The molecule has 0 radical (unpaired) electrons. The van der Waals surface area contributed by atoms with Crippen molar-refractivity contribution in [2.45, 2.75) is 0 Å². The van der Waals surface area contributed by atoms with Gasteiger partial charge in [0, 0.05) is 18.2 Å². The predicted octanol–water partition coefficient (Wildman–Crippen LogP) is 3.32. The molecule has 3 aromatic carbocycles. The van der Waals surface area contributed by atoms with E-state index in [2.05, 4.69) is 0 Å². The highest BCUT2D eigenvalue weighted by molar-refractivity contribution is 7.06. The molecule has 14 heteroatoms. The van der Waals surface area contributed by atoms with E-state index in [1.165, 1.54) is 0 Å². The second-order valence-electron chi connectivity index (χ2n) is 6.24. The largest absolute Gasteiger partial charge is 0.420 e. The zero-order valence-electron chi connectivity index (χ0n) is 14.7. The Morgan fingerprint density at radius 3 is 0.812 bits per heavy atom. The monoisotopic (exact) mass is 492 g/mol. The lowest BCUT2D eigenvalue weighted by Crippen LogP contribution is -2.73. The van der Waals surface area contributed by atoms with Gasteiger partial charge in [-0.05, 0) is 0 Å². The summed E-state index contributed by atoms with van der Waals surface area (Å²) in [5.41, 5.74) is 0. The van der Waals surface area contributed by atoms with Crippen molar-refractivity contribution in [1.29, 1.82) is 0 Å². The van der Waals surface area contributed by atoms with Crippen LogP contribution in [0.25, 0.3) is 0 Å². The third kappa shape index (κ3) is 3.24. The van der Waals surface area contributed by atoms with E-state index in [0.717, 1.165) is 0 Å². The number of hydrogen-bond acceptors (Lipinski definition) is 1. The van der Waals surface area contributed by atoms with E-state index in [1.54, 1.807) is 0 Å². The zero-order valence-corrected chi connectivity index (χ0v) is 15.7. The molecule has 0 unspecified atom stereocenters. The molecular weight excluding hydrogens is 488 g/mol. The molecule has 0 heterocycles. The number of rotatable bonds is 3. The normalized spacial score (nSPS) is 11.9. The van der Waals surface area contributed by atoms with Crippen molar-refractivity contribution in [3.05, 3.63) is 88.0 Å². The molecule has 1 N–H and O–H groups in total. The highest BCUT2D eigenvalue weighted by Gasteiger charge is 2.53. The van der Waals surface area contributed by atoms with Crippen LogP contribution in [-0.4, -0.2) is 13.1 Å². The van der Waals surface area contributed by atoms with Gasteiger partial charge in [0.25, 0.3) is 0 Å². The molecule has 0 saturated heterocycles. The number of halogens is 12. The summed E-state index contributed by atoms with van der Waals surface area (Å²) in [6.07, 6.45) is 0. The summed E-state index contributed by atoms with van der Waals surface area (Å²) in [4.78, 5) is 11.0. The van der Waals surface area contributed by atoms with E-state index in [4.69, 9.17) is 0 Å². The Balaban J connectivity index is 2.66. The van der Waals surface area contributed by atoms with Gasteiger partial charge in [0.2, 0.25) is 0 Å². The van der Waals surface area contributed by atoms with E-state index in [0.29, 0.717) is 0 Å². The van der Waals surface area contributed by atoms with Crippen molar-refractivity contribution in [1.82, 2.24) is 0 Å². The molecule has 1 nitrogen and oxygen atoms in total. The van der Waals surface area contributed by atoms with E-state index in [1.807, 2.05) is 0 Å². The smallest absolute Gasteiger partial charge is 0.303 e. The SMILES string of the molecule is O[Si](c1c(F)cc(F)c(F)c1F)(c1c(F)cc(F)c(F)c1F)c1c(F)cc(F)c(F)c1F. The van der Waals surface area contributed by atoms with E-state index in [9.17, 15) is 57.5 Å². The highest BCUT2D eigenvalue weighted by atomic mass is 28.4. The summed E-state index contributed by atoms with van der Waals surface area (Å²) >= 11 is 0. The average Bonchev–Trinajstić information content (AvgIpc) is 2.68. The van der Waals surface area contributed by atoms with Gasteiger partial charge in [0.05, 0.1) is 15.6 Å². The van der Waals surface area contributed by atoms with Crippen LogP contribution in [-0.2, 0) is 0 Å². The van der Waals surface area contributed by atoms with Crippen LogP contribution in [0.2, 0.25) is 0 Å². The summed E-state index contributed by atoms with van der Waals surface area (Å²) in [6, 6.07) is -1.51. The number of hydrogen-bond donors (Lipinski definition) is 1. The first-order chi connectivity index (χ1) is 14.7. The van der Waals surface area contributed by atoms with Crippen molar-refractivity contribution in [3.8, 4) is 0 Å². The maximum absolute atomic E-state index is 14.5. The molecular formula is C18H4F12OSi. The van der Waals surface area contributed by atoms with E-state index in [-0.39, 0.29) is 0 Å². The van der Waals surface area contributed by atoms with Crippen LogP contribution in [0.1, 0.15) is 0 Å². The summed E-state index contributed by atoms with van der Waals surface area (Å²) in [7, 11) is -6.78. The van der Waals surface area contributed by atoms with Gasteiger partial charge < -0.3 is 4.80 Å². The minimum atomic E-state index is -6.78. The fourth-order valence-corrected chi connectivity index (χ4v) is 6.35. The van der Waals surface area contributed by atoms with Crippen molar-refractivity contribution in [3.63, 3.8) is 0 Å². The Morgan fingerprint density at radius 1 is 0.375 bits per heavy atom. The molecule has 0 spiro atoms. The van der Waals surface area contributed by atoms with Crippen LogP contribution < -0.4 is 15.6 Å². The van der Waals surface area contributed by atoms with Crippen LogP contribution in [0.5, 0.6) is 0 Å². The zero-order chi connectivity index (χ0) is 24.3. The molecule has 3 rings (SSSR count). The molecule has 0 saturated carbocycles. The first-order valence-electron chi connectivity index (χ1n) is 7.97. The van der Waals surface area contributed by atoms with Crippen molar-refractivity contribution in [2.75, 3.05) is 0 Å². The molecule has 0 aliphatic carbocycles. The van der Waals surface area contributed by atoms with Crippen molar-refractivity contribution < 1.29 is 57.5 Å². The first kappa shape index (κ1) is 23.7. The van der Waals surface area contributed by atoms with Crippen LogP contribution >= 0.6 is 0 Å². The second kappa shape index (κ2) is 7.85. The topological polar surface area (TPSA) is 20.2 Å².